The number of rotatable bonds is 5. The van der Waals surface area contributed by atoms with Gasteiger partial charge < -0.3 is 10.6 Å². The second kappa shape index (κ2) is 8.51. The van der Waals surface area contributed by atoms with Crippen molar-refractivity contribution in [3.63, 3.8) is 0 Å². The van der Waals surface area contributed by atoms with Crippen molar-refractivity contribution in [2.75, 3.05) is 24.2 Å². The molecule has 1 fully saturated rings. The molecule has 0 saturated carbocycles. The Balaban J connectivity index is 0.00000220. The number of alkyl halides is 2. The SMILES string of the molecule is Cl.O=C(Nc1cc(F)ccc1SCC(F)F)C1CCNC1. The van der Waals surface area contributed by atoms with Crippen LogP contribution < -0.4 is 10.6 Å². The Bertz CT molecular complexity index is 484. The summed E-state index contributed by atoms with van der Waals surface area (Å²) in [5.41, 5.74) is 0.257. The lowest BCUT2D eigenvalue weighted by atomic mass is 10.1. The van der Waals surface area contributed by atoms with Gasteiger partial charge in [-0.25, -0.2) is 13.2 Å². The van der Waals surface area contributed by atoms with E-state index in [9.17, 15) is 18.0 Å². The van der Waals surface area contributed by atoms with Gasteiger partial charge in [-0.3, -0.25) is 4.79 Å². The van der Waals surface area contributed by atoms with Gasteiger partial charge in [0.2, 0.25) is 12.3 Å². The van der Waals surface area contributed by atoms with E-state index in [-0.39, 0.29) is 35.7 Å². The van der Waals surface area contributed by atoms with Gasteiger partial charge in [-0.15, -0.1) is 24.2 Å². The Labute approximate surface area is 131 Å². The molecule has 1 unspecified atom stereocenters. The first-order valence-corrected chi connectivity index (χ1v) is 7.27. The molecular formula is C13H16ClF3N2OS. The number of amides is 1. The molecule has 0 aliphatic carbocycles. The third-order valence-electron chi connectivity index (χ3n) is 3.00. The molecule has 1 aromatic rings. The smallest absolute Gasteiger partial charge is 0.247 e. The molecule has 0 aromatic heterocycles. The zero-order valence-electron chi connectivity index (χ0n) is 11.1. The summed E-state index contributed by atoms with van der Waals surface area (Å²) in [5, 5.41) is 5.70. The largest absolute Gasteiger partial charge is 0.325 e. The zero-order valence-corrected chi connectivity index (χ0v) is 12.7. The van der Waals surface area contributed by atoms with Crippen molar-refractivity contribution in [1.29, 1.82) is 0 Å². The lowest BCUT2D eigenvalue weighted by Gasteiger charge is -2.13. The first-order valence-electron chi connectivity index (χ1n) is 6.28. The van der Waals surface area contributed by atoms with Crippen LogP contribution in [0.4, 0.5) is 18.9 Å². The van der Waals surface area contributed by atoms with E-state index in [4.69, 9.17) is 0 Å². The zero-order chi connectivity index (χ0) is 14.5. The fourth-order valence-corrected chi connectivity index (χ4v) is 2.73. The molecule has 8 heteroatoms. The number of thioether (sulfide) groups is 1. The average Bonchev–Trinajstić information content (AvgIpc) is 2.91. The lowest BCUT2D eigenvalue weighted by molar-refractivity contribution is -0.119. The van der Waals surface area contributed by atoms with Gasteiger partial charge in [-0.05, 0) is 31.2 Å². The monoisotopic (exact) mass is 340 g/mol. The van der Waals surface area contributed by atoms with Crippen LogP contribution in [0.15, 0.2) is 23.1 Å². The molecule has 1 heterocycles. The van der Waals surface area contributed by atoms with E-state index in [1.54, 1.807) is 0 Å². The van der Waals surface area contributed by atoms with E-state index in [2.05, 4.69) is 10.6 Å². The van der Waals surface area contributed by atoms with Gasteiger partial charge in [-0.1, -0.05) is 0 Å². The van der Waals surface area contributed by atoms with Crippen LogP contribution in [0.5, 0.6) is 0 Å². The normalized spacial score (nSPS) is 17.6. The van der Waals surface area contributed by atoms with Crippen LogP contribution in [0.1, 0.15) is 6.42 Å². The summed E-state index contributed by atoms with van der Waals surface area (Å²) in [5.74, 6) is -1.27. The summed E-state index contributed by atoms with van der Waals surface area (Å²) in [6, 6.07) is 3.76. The van der Waals surface area contributed by atoms with Gasteiger partial charge in [0, 0.05) is 11.4 Å². The quantitative estimate of drug-likeness (QED) is 0.809. The summed E-state index contributed by atoms with van der Waals surface area (Å²) in [6.07, 6.45) is -1.73. The highest BCUT2D eigenvalue weighted by Crippen LogP contribution is 2.29. The van der Waals surface area contributed by atoms with Gasteiger partial charge in [0.1, 0.15) is 5.82 Å². The summed E-state index contributed by atoms with van der Waals surface area (Å²) in [7, 11) is 0. The Morgan fingerprint density at radius 3 is 2.86 bits per heavy atom. The highest BCUT2D eigenvalue weighted by molar-refractivity contribution is 7.99. The number of carbonyl (C=O) groups excluding carboxylic acids is 1. The molecule has 1 amide bonds. The highest BCUT2D eigenvalue weighted by atomic mass is 35.5. The molecule has 0 spiro atoms. The molecule has 118 valence electrons. The summed E-state index contributed by atoms with van der Waals surface area (Å²) in [4.78, 5) is 12.4. The van der Waals surface area contributed by atoms with Crippen LogP contribution in [-0.2, 0) is 4.79 Å². The number of hydrogen-bond donors (Lipinski definition) is 2. The van der Waals surface area contributed by atoms with Crippen molar-refractivity contribution in [2.24, 2.45) is 5.92 Å². The Morgan fingerprint density at radius 1 is 1.48 bits per heavy atom. The number of halogens is 4. The maximum absolute atomic E-state index is 13.3. The van der Waals surface area contributed by atoms with E-state index in [0.29, 0.717) is 11.4 Å². The fraction of sp³-hybridized carbons (Fsp3) is 0.462. The van der Waals surface area contributed by atoms with Gasteiger partial charge in [0.25, 0.3) is 0 Å². The number of benzene rings is 1. The Hall–Kier alpha value is -0.920. The Kier molecular flexibility index (Phi) is 7.34. The molecule has 1 saturated heterocycles. The van der Waals surface area contributed by atoms with Gasteiger partial charge in [0.15, 0.2) is 0 Å². The van der Waals surface area contributed by atoms with Gasteiger partial charge in [0.05, 0.1) is 17.4 Å². The lowest BCUT2D eigenvalue weighted by Crippen LogP contribution is -2.25. The molecule has 1 atom stereocenters. The molecular weight excluding hydrogens is 325 g/mol. The van der Waals surface area contributed by atoms with Crippen LogP contribution in [0.3, 0.4) is 0 Å². The van der Waals surface area contributed by atoms with Crippen LogP contribution in [0.2, 0.25) is 0 Å². The molecule has 1 aromatic carbocycles. The molecule has 1 aliphatic rings. The topological polar surface area (TPSA) is 41.1 Å². The van der Waals surface area contributed by atoms with E-state index < -0.39 is 12.2 Å². The van der Waals surface area contributed by atoms with E-state index in [0.717, 1.165) is 30.8 Å². The maximum Gasteiger partial charge on any atom is 0.247 e. The fourth-order valence-electron chi connectivity index (χ4n) is 1.99. The summed E-state index contributed by atoms with van der Waals surface area (Å²) in [6.45, 7) is 1.36. The van der Waals surface area contributed by atoms with Crippen molar-refractivity contribution in [2.45, 2.75) is 17.7 Å². The van der Waals surface area contributed by atoms with Crippen molar-refractivity contribution in [1.82, 2.24) is 5.32 Å². The molecule has 0 bridgehead atoms. The second-order valence-electron chi connectivity index (χ2n) is 4.52. The van der Waals surface area contributed by atoms with Gasteiger partial charge in [-0.2, -0.15) is 0 Å². The maximum atomic E-state index is 13.3. The second-order valence-corrected chi connectivity index (χ2v) is 5.58. The molecule has 0 radical (unpaired) electrons. The minimum absolute atomic E-state index is 0. The first kappa shape index (κ1) is 18.1. The molecule has 3 nitrogen and oxygen atoms in total. The Morgan fingerprint density at radius 2 is 2.24 bits per heavy atom. The van der Waals surface area contributed by atoms with Crippen molar-refractivity contribution in [3.8, 4) is 0 Å². The first-order chi connectivity index (χ1) is 9.56. The van der Waals surface area contributed by atoms with Crippen molar-refractivity contribution >= 4 is 35.8 Å². The number of hydrogen-bond acceptors (Lipinski definition) is 3. The van der Waals surface area contributed by atoms with Crippen molar-refractivity contribution < 1.29 is 18.0 Å². The predicted molar refractivity (Wildman–Crippen MR) is 80.0 cm³/mol. The third kappa shape index (κ3) is 5.41. The summed E-state index contributed by atoms with van der Waals surface area (Å²) >= 11 is 0.901. The van der Waals surface area contributed by atoms with Crippen LogP contribution >= 0.6 is 24.2 Å². The highest BCUT2D eigenvalue weighted by Gasteiger charge is 2.23. The van der Waals surface area contributed by atoms with Gasteiger partial charge >= 0.3 is 0 Å². The van der Waals surface area contributed by atoms with E-state index in [1.807, 2.05) is 0 Å². The van der Waals surface area contributed by atoms with Crippen LogP contribution in [0, 0.1) is 11.7 Å². The number of nitrogens with one attached hydrogen (secondary N) is 2. The van der Waals surface area contributed by atoms with E-state index >= 15 is 0 Å². The molecule has 1 aliphatic heterocycles. The third-order valence-corrected chi connectivity index (χ3v) is 4.08. The van der Waals surface area contributed by atoms with Crippen LogP contribution in [0.25, 0.3) is 0 Å². The van der Waals surface area contributed by atoms with E-state index in [1.165, 1.54) is 12.1 Å². The average molecular weight is 341 g/mol. The molecule has 2 N–H and O–H groups in total. The molecule has 21 heavy (non-hydrogen) atoms. The number of anilines is 1. The van der Waals surface area contributed by atoms with Crippen molar-refractivity contribution in [3.05, 3.63) is 24.0 Å². The minimum atomic E-state index is -2.45. The minimum Gasteiger partial charge on any atom is -0.325 e. The summed E-state index contributed by atoms with van der Waals surface area (Å²) < 4.78 is 37.8. The standard InChI is InChI=1S/C13H15F3N2OS.ClH/c14-9-1-2-11(20-7-12(15)16)10(5-9)18-13(19)8-3-4-17-6-8;/h1-2,5,8,12,17H,3-4,6-7H2,(H,18,19);1H. The number of carbonyl (C=O) groups is 1. The molecule has 2 rings (SSSR count). The van der Waals surface area contributed by atoms with Crippen LogP contribution in [-0.4, -0.2) is 31.2 Å². The predicted octanol–water partition coefficient (Wildman–Crippen LogP) is 3.15.